The summed E-state index contributed by atoms with van der Waals surface area (Å²) in [7, 11) is 0. The van der Waals surface area contributed by atoms with E-state index in [9.17, 15) is 4.79 Å². The van der Waals surface area contributed by atoms with E-state index in [0.29, 0.717) is 0 Å². The maximum absolute atomic E-state index is 10.8. The number of carboxylic acid groups (broad SMARTS) is 1. The van der Waals surface area contributed by atoms with Crippen molar-refractivity contribution in [2.45, 2.75) is 0 Å². The molecule has 0 aliphatic rings. The lowest BCUT2D eigenvalue weighted by Crippen LogP contribution is -1.94. The Labute approximate surface area is 90.5 Å². The number of carbonyl (C=O) groups is 1. The highest BCUT2D eigenvalue weighted by Crippen LogP contribution is 2.22. The molecule has 0 amide bonds. The Hall–Kier alpha value is -2.36. The Balaban J connectivity index is 2.38. The van der Waals surface area contributed by atoms with Gasteiger partial charge in [0.1, 0.15) is 5.69 Å². The van der Waals surface area contributed by atoms with Gasteiger partial charge < -0.3 is 10.1 Å². The summed E-state index contributed by atoms with van der Waals surface area (Å²) < 4.78 is 0. The first-order valence-electron chi connectivity index (χ1n) is 4.84. The number of carboxylic acids is 1. The molecule has 2 aromatic heterocycles. The van der Waals surface area contributed by atoms with Crippen molar-refractivity contribution in [3.8, 4) is 0 Å². The average Bonchev–Trinajstić information content (AvgIpc) is 2.68. The number of nitrogens with one attached hydrogen (secondary N) is 1. The molecule has 0 saturated heterocycles. The zero-order valence-electron chi connectivity index (χ0n) is 8.27. The maximum atomic E-state index is 10.8. The molecule has 2 N–H and O–H groups in total. The molecule has 0 atom stereocenters. The second-order valence-corrected chi connectivity index (χ2v) is 3.65. The summed E-state index contributed by atoms with van der Waals surface area (Å²) in [5.41, 5.74) is 1.04. The van der Waals surface area contributed by atoms with Crippen LogP contribution >= 0.6 is 0 Å². The lowest BCUT2D eigenvalue weighted by atomic mass is 10.1. The molecule has 0 fully saturated rings. The smallest absolute Gasteiger partial charge is 0.352 e. The number of aromatic amines is 1. The van der Waals surface area contributed by atoms with Gasteiger partial charge in [0.2, 0.25) is 0 Å². The van der Waals surface area contributed by atoms with Crippen molar-refractivity contribution >= 4 is 27.6 Å². The molecule has 0 unspecified atom stereocenters. The van der Waals surface area contributed by atoms with Crippen molar-refractivity contribution in [1.82, 2.24) is 9.97 Å². The highest BCUT2D eigenvalue weighted by Gasteiger charge is 2.07. The van der Waals surface area contributed by atoms with Gasteiger partial charge in [-0.2, -0.15) is 0 Å². The number of nitrogens with zero attached hydrogens (tertiary/aromatic N) is 1. The largest absolute Gasteiger partial charge is 0.477 e. The number of hydrogen-bond donors (Lipinski definition) is 2. The molecule has 3 rings (SSSR count). The van der Waals surface area contributed by atoms with E-state index in [-0.39, 0.29) is 5.69 Å². The molecule has 0 aliphatic heterocycles. The number of benzene rings is 1. The van der Waals surface area contributed by atoms with Gasteiger partial charge in [0.05, 0.1) is 0 Å². The first-order valence-corrected chi connectivity index (χ1v) is 4.84. The molecule has 0 aliphatic carbocycles. The Morgan fingerprint density at radius 2 is 2.06 bits per heavy atom. The molecule has 1 aromatic carbocycles. The summed E-state index contributed by atoms with van der Waals surface area (Å²) in [6.07, 6.45) is 3.48. The van der Waals surface area contributed by atoms with Crippen molar-refractivity contribution in [2.24, 2.45) is 0 Å². The molecule has 0 radical (unpaired) electrons. The molecule has 0 bridgehead atoms. The van der Waals surface area contributed by atoms with Gasteiger partial charge in [-0.1, -0.05) is 0 Å². The quantitative estimate of drug-likeness (QED) is 0.651. The van der Waals surface area contributed by atoms with E-state index >= 15 is 0 Å². The fourth-order valence-electron chi connectivity index (χ4n) is 1.83. The minimum atomic E-state index is -0.946. The third-order valence-electron chi connectivity index (χ3n) is 2.61. The molecule has 78 valence electrons. The van der Waals surface area contributed by atoms with Crippen LogP contribution in [0.25, 0.3) is 21.7 Å². The second kappa shape index (κ2) is 3.06. The zero-order valence-corrected chi connectivity index (χ0v) is 8.27. The summed E-state index contributed by atoms with van der Waals surface area (Å²) in [5.74, 6) is -0.946. The van der Waals surface area contributed by atoms with Crippen molar-refractivity contribution in [2.75, 3.05) is 0 Å². The first-order chi connectivity index (χ1) is 7.74. The monoisotopic (exact) mass is 212 g/mol. The van der Waals surface area contributed by atoms with Crippen LogP contribution in [0.15, 0.2) is 36.7 Å². The Kier molecular flexibility index (Phi) is 1.71. The van der Waals surface area contributed by atoms with E-state index in [1.807, 2.05) is 18.2 Å². The van der Waals surface area contributed by atoms with Crippen LogP contribution in [0.3, 0.4) is 0 Å². The van der Waals surface area contributed by atoms with Crippen LogP contribution in [-0.4, -0.2) is 21.0 Å². The number of rotatable bonds is 1. The van der Waals surface area contributed by atoms with Crippen molar-refractivity contribution in [1.29, 1.82) is 0 Å². The molecule has 3 aromatic rings. The molecule has 16 heavy (non-hydrogen) atoms. The normalized spacial score (nSPS) is 11.0. The van der Waals surface area contributed by atoms with Gasteiger partial charge in [0, 0.05) is 28.7 Å². The molecule has 4 heteroatoms. The minimum absolute atomic E-state index is 0.207. The molecule has 0 saturated carbocycles. The van der Waals surface area contributed by atoms with E-state index in [1.165, 1.54) is 0 Å². The molecule has 0 spiro atoms. The lowest BCUT2D eigenvalue weighted by Gasteiger charge is -1.96. The van der Waals surface area contributed by atoms with Gasteiger partial charge in [-0.25, -0.2) is 4.79 Å². The zero-order chi connectivity index (χ0) is 11.1. The number of aromatic carboxylic acids is 1. The molecule has 2 heterocycles. The predicted octanol–water partition coefficient (Wildman–Crippen LogP) is 2.41. The van der Waals surface area contributed by atoms with Crippen LogP contribution in [0.2, 0.25) is 0 Å². The summed E-state index contributed by atoms with van der Waals surface area (Å²) in [4.78, 5) is 17.7. The van der Waals surface area contributed by atoms with Gasteiger partial charge in [0.15, 0.2) is 0 Å². The van der Waals surface area contributed by atoms with Crippen LogP contribution in [0, 0.1) is 0 Å². The lowest BCUT2D eigenvalue weighted by molar-refractivity contribution is 0.0691. The molecular weight excluding hydrogens is 204 g/mol. The van der Waals surface area contributed by atoms with Crippen LogP contribution < -0.4 is 0 Å². The van der Waals surface area contributed by atoms with Crippen LogP contribution in [0.4, 0.5) is 0 Å². The minimum Gasteiger partial charge on any atom is -0.477 e. The number of H-pyrrole nitrogens is 1. The van der Waals surface area contributed by atoms with Crippen molar-refractivity contribution < 1.29 is 9.90 Å². The molecule has 4 nitrogen and oxygen atoms in total. The van der Waals surface area contributed by atoms with Gasteiger partial charge in [-0.3, -0.25) is 4.98 Å². The maximum Gasteiger partial charge on any atom is 0.352 e. The van der Waals surface area contributed by atoms with Gasteiger partial charge in [0.25, 0.3) is 0 Å². The van der Waals surface area contributed by atoms with E-state index < -0.39 is 5.97 Å². The summed E-state index contributed by atoms with van der Waals surface area (Å²) >= 11 is 0. The Morgan fingerprint density at radius 3 is 2.88 bits per heavy atom. The molecular formula is C12H8N2O2. The van der Waals surface area contributed by atoms with Crippen LogP contribution in [0.5, 0.6) is 0 Å². The summed E-state index contributed by atoms with van der Waals surface area (Å²) in [5, 5.41) is 11.8. The summed E-state index contributed by atoms with van der Waals surface area (Å²) in [6.45, 7) is 0. The highest BCUT2D eigenvalue weighted by atomic mass is 16.4. The van der Waals surface area contributed by atoms with E-state index in [1.54, 1.807) is 18.5 Å². The van der Waals surface area contributed by atoms with Crippen molar-refractivity contribution in [3.63, 3.8) is 0 Å². The highest BCUT2D eigenvalue weighted by molar-refractivity contribution is 6.00. The van der Waals surface area contributed by atoms with Crippen LogP contribution in [0.1, 0.15) is 10.5 Å². The van der Waals surface area contributed by atoms with E-state index in [4.69, 9.17) is 5.11 Å². The SMILES string of the molecule is O=C(O)c1cc2cc3cnccc3cc2[nH]1. The van der Waals surface area contributed by atoms with Gasteiger partial charge in [-0.05, 0) is 29.7 Å². The van der Waals surface area contributed by atoms with E-state index in [2.05, 4.69) is 9.97 Å². The second-order valence-electron chi connectivity index (χ2n) is 3.65. The average molecular weight is 212 g/mol. The van der Waals surface area contributed by atoms with E-state index in [0.717, 1.165) is 21.7 Å². The predicted molar refractivity (Wildman–Crippen MR) is 60.6 cm³/mol. The van der Waals surface area contributed by atoms with Crippen LogP contribution in [-0.2, 0) is 0 Å². The topological polar surface area (TPSA) is 66.0 Å². The first kappa shape index (κ1) is 8.91. The van der Waals surface area contributed by atoms with Gasteiger partial charge >= 0.3 is 5.97 Å². The number of aromatic nitrogens is 2. The van der Waals surface area contributed by atoms with Crippen molar-refractivity contribution in [3.05, 3.63) is 42.4 Å². The van der Waals surface area contributed by atoms with Gasteiger partial charge in [-0.15, -0.1) is 0 Å². The third-order valence-corrected chi connectivity index (χ3v) is 2.61. The standard InChI is InChI=1S/C12H8N2O2/c15-12(16)11-5-8-3-9-6-13-2-1-7(9)4-10(8)14-11/h1-6,14H,(H,15,16). The fourth-order valence-corrected chi connectivity index (χ4v) is 1.83. The Bertz CT molecular complexity index is 648. The number of fused-ring (bicyclic) bond motifs is 2. The number of pyridine rings is 1. The summed E-state index contributed by atoms with van der Waals surface area (Å²) in [6, 6.07) is 7.39. The third kappa shape index (κ3) is 1.24. The Morgan fingerprint density at radius 1 is 1.19 bits per heavy atom. The number of hydrogen-bond acceptors (Lipinski definition) is 2. The fraction of sp³-hybridized carbons (Fsp3) is 0.